The number of aromatic nitrogens is 2. The van der Waals surface area contributed by atoms with E-state index in [2.05, 4.69) is 29.6 Å². The van der Waals surface area contributed by atoms with Crippen LogP contribution in [0.15, 0.2) is 24.4 Å². The Morgan fingerprint density at radius 1 is 1.43 bits per heavy atom. The molecular formula is C17H24N4O2. The van der Waals surface area contributed by atoms with Gasteiger partial charge < -0.3 is 15.7 Å². The van der Waals surface area contributed by atoms with Crippen LogP contribution in [0.25, 0.3) is 10.9 Å². The summed E-state index contributed by atoms with van der Waals surface area (Å²) in [5.41, 5.74) is 0.446. The molecule has 0 atom stereocenters. The number of carbonyl (C=O) groups is 1. The molecule has 0 bridgehead atoms. The number of piperidine rings is 1. The van der Waals surface area contributed by atoms with E-state index in [9.17, 15) is 9.90 Å². The average molecular weight is 316 g/mol. The Balaban J connectivity index is 1.78. The van der Waals surface area contributed by atoms with Gasteiger partial charge in [-0.2, -0.15) is 5.10 Å². The third kappa shape index (κ3) is 3.38. The first-order chi connectivity index (χ1) is 11.0. The third-order valence-electron chi connectivity index (χ3n) is 4.44. The largest absolute Gasteiger partial charge is 0.388 e. The van der Waals surface area contributed by atoms with Gasteiger partial charge in [0.25, 0.3) is 5.91 Å². The van der Waals surface area contributed by atoms with Crippen LogP contribution in [0.1, 0.15) is 43.1 Å². The van der Waals surface area contributed by atoms with E-state index < -0.39 is 5.60 Å². The van der Waals surface area contributed by atoms with Crippen molar-refractivity contribution < 1.29 is 9.90 Å². The second-order valence-corrected chi connectivity index (χ2v) is 6.60. The van der Waals surface area contributed by atoms with E-state index in [1.165, 1.54) is 0 Å². The Morgan fingerprint density at radius 3 is 2.87 bits per heavy atom. The SMILES string of the molecule is CC(C)n1cc2cccc(C(=O)NCC3(O)CCNCC3)c2n1. The van der Waals surface area contributed by atoms with Crippen molar-refractivity contribution >= 4 is 16.8 Å². The number of hydrogen-bond donors (Lipinski definition) is 3. The number of fused-ring (bicyclic) bond motifs is 1. The summed E-state index contributed by atoms with van der Waals surface area (Å²) in [6.45, 7) is 5.94. The summed E-state index contributed by atoms with van der Waals surface area (Å²) in [5.74, 6) is -0.184. The topological polar surface area (TPSA) is 79.2 Å². The normalized spacial score (nSPS) is 17.6. The average Bonchev–Trinajstić information content (AvgIpc) is 2.98. The fourth-order valence-corrected chi connectivity index (χ4v) is 2.92. The van der Waals surface area contributed by atoms with E-state index >= 15 is 0 Å². The lowest BCUT2D eigenvalue weighted by Gasteiger charge is -2.32. The minimum atomic E-state index is -0.813. The third-order valence-corrected chi connectivity index (χ3v) is 4.44. The van der Waals surface area contributed by atoms with Crippen molar-refractivity contribution in [2.24, 2.45) is 0 Å². The van der Waals surface area contributed by atoms with Gasteiger partial charge in [-0.05, 0) is 45.8 Å². The molecule has 1 amide bonds. The van der Waals surface area contributed by atoms with Crippen LogP contribution in [-0.4, -0.2) is 46.0 Å². The maximum Gasteiger partial charge on any atom is 0.253 e. The van der Waals surface area contributed by atoms with Gasteiger partial charge in [0, 0.05) is 24.2 Å². The van der Waals surface area contributed by atoms with Gasteiger partial charge >= 0.3 is 0 Å². The smallest absolute Gasteiger partial charge is 0.253 e. The van der Waals surface area contributed by atoms with Crippen molar-refractivity contribution in [3.63, 3.8) is 0 Å². The van der Waals surface area contributed by atoms with Crippen LogP contribution in [0.4, 0.5) is 0 Å². The van der Waals surface area contributed by atoms with Crippen LogP contribution in [0.5, 0.6) is 0 Å². The van der Waals surface area contributed by atoms with E-state index in [4.69, 9.17) is 0 Å². The molecule has 6 heteroatoms. The number of nitrogens with one attached hydrogen (secondary N) is 2. The van der Waals surface area contributed by atoms with E-state index in [1.54, 1.807) is 6.07 Å². The van der Waals surface area contributed by atoms with E-state index in [0.717, 1.165) is 18.5 Å². The zero-order valence-electron chi connectivity index (χ0n) is 13.7. The van der Waals surface area contributed by atoms with Crippen LogP contribution in [0, 0.1) is 0 Å². The molecule has 0 radical (unpaired) electrons. The molecule has 3 rings (SSSR count). The number of rotatable bonds is 4. The molecule has 0 aliphatic carbocycles. The lowest BCUT2D eigenvalue weighted by Crippen LogP contribution is -2.49. The van der Waals surface area contributed by atoms with E-state index in [1.807, 2.05) is 23.0 Å². The van der Waals surface area contributed by atoms with Gasteiger partial charge in [0.2, 0.25) is 0 Å². The van der Waals surface area contributed by atoms with Gasteiger partial charge in [0.1, 0.15) is 5.52 Å². The summed E-state index contributed by atoms with van der Waals surface area (Å²) in [6.07, 6.45) is 3.26. The predicted octanol–water partition coefficient (Wildman–Crippen LogP) is 1.46. The quantitative estimate of drug-likeness (QED) is 0.798. The van der Waals surface area contributed by atoms with Crippen LogP contribution in [-0.2, 0) is 0 Å². The standard InChI is InChI=1S/C17H24N4O2/c1-12(2)21-10-13-4-3-5-14(15(13)20-21)16(22)19-11-17(23)6-8-18-9-7-17/h3-5,10,12,18,23H,6-9,11H2,1-2H3,(H,19,22). The minimum Gasteiger partial charge on any atom is -0.388 e. The molecule has 1 aromatic heterocycles. The molecule has 23 heavy (non-hydrogen) atoms. The predicted molar refractivity (Wildman–Crippen MR) is 89.5 cm³/mol. The number of aliphatic hydroxyl groups is 1. The van der Waals surface area contributed by atoms with Crippen LogP contribution < -0.4 is 10.6 Å². The minimum absolute atomic E-state index is 0.184. The highest BCUT2D eigenvalue weighted by Crippen LogP contribution is 2.20. The molecule has 2 heterocycles. The molecule has 124 valence electrons. The highest BCUT2D eigenvalue weighted by atomic mass is 16.3. The summed E-state index contributed by atoms with van der Waals surface area (Å²) in [6, 6.07) is 5.84. The number of hydrogen-bond acceptors (Lipinski definition) is 4. The molecular weight excluding hydrogens is 292 g/mol. The maximum absolute atomic E-state index is 12.5. The van der Waals surface area contributed by atoms with Crippen molar-refractivity contribution in [3.05, 3.63) is 30.0 Å². The summed E-state index contributed by atoms with van der Waals surface area (Å²) in [5, 5.41) is 22.0. The summed E-state index contributed by atoms with van der Waals surface area (Å²) in [7, 11) is 0. The first-order valence-electron chi connectivity index (χ1n) is 8.18. The van der Waals surface area contributed by atoms with Crippen molar-refractivity contribution in [1.29, 1.82) is 0 Å². The summed E-state index contributed by atoms with van der Waals surface area (Å²) in [4.78, 5) is 12.5. The molecule has 6 nitrogen and oxygen atoms in total. The summed E-state index contributed by atoms with van der Waals surface area (Å²) >= 11 is 0. The van der Waals surface area contributed by atoms with Crippen molar-refractivity contribution in [2.45, 2.75) is 38.3 Å². The second-order valence-electron chi connectivity index (χ2n) is 6.60. The highest BCUT2D eigenvalue weighted by Gasteiger charge is 2.29. The van der Waals surface area contributed by atoms with Gasteiger partial charge in [0.05, 0.1) is 11.2 Å². The van der Waals surface area contributed by atoms with Gasteiger partial charge in [-0.1, -0.05) is 12.1 Å². The van der Waals surface area contributed by atoms with Crippen LogP contribution in [0.2, 0.25) is 0 Å². The lowest BCUT2D eigenvalue weighted by molar-refractivity contribution is 0.0113. The molecule has 0 spiro atoms. The van der Waals surface area contributed by atoms with E-state index in [0.29, 0.717) is 23.9 Å². The Kier molecular flexibility index (Phi) is 4.37. The van der Waals surface area contributed by atoms with Crippen molar-refractivity contribution in [2.75, 3.05) is 19.6 Å². The molecule has 1 aliphatic heterocycles. The van der Waals surface area contributed by atoms with Crippen molar-refractivity contribution in [1.82, 2.24) is 20.4 Å². The molecule has 1 aromatic carbocycles. The molecule has 1 fully saturated rings. The Bertz CT molecular complexity index is 702. The Morgan fingerprint density at radius 2 is 2.17 bits per heavy atom. The van der Waals surface area contributed by atoms with Crippen LogP contribution in [0.3, 0.4) is 0 Å². The van der Waals surface area contributed by atoms with Gasteiger partial charge in [-0.25, -0.2) is 0 Å². The number of benzene rings is 1. The fourth-order valence-electron chi connectivity index (χ4n) is 2.92. The fraction of sp³-hybridized carbons (Fsp3) is 0.529. The molecule has 3 N–H and O–H groups in total. The first-order valence-corrected chi connectivity index (χ1v) is 8.18. The molecule has 2 aromatic rings. The monoisotopic (exact) mass is 316 g/mol. The van der Waals surface area contributed by atoms with Gasteiger partial charge in [-0.15, -0.1) is 0 Å². The second kappa shape index (κ2) is 6.29. The first kappa shape index (κ1) is 16.0. The van der Waals surface area contributed by atoms with E-state index in [-0.39, 0.29) is 18.5 Å². The summed E-state index contributed by atoms with van der Waals surface area (Å²) < 4.78 is 1.86. The van der Waals surface area contributed by atoms with Gasteiger partial charge in [0.15, 0.2) is 0 Å². The maximum atomic E-state index is 12.5. The lowest BCUT2D eigenvalue weighted by atomic mass is 9.92. The number of amides is 1. The number of carbonyl (C=O) groups excluding carboxylic acids is 1. The zero-order chi connectivity index (χ0) is 16.4. The highest BCUT2D eigenvalue weighted by molar-refractivity contribution is 6.05. The van der Waals surface area contributed by atoms with Crippen LogP contribution >= 0.6 is 0 Å². The van der Waals surface area contributed by atoms with Gasteiger partial charge in [-0.3, -0.25) is 9.48 Å². The molecule has 0 saturated carbocycles. The molecule has 0 unspecified atom stereocenters. The van der Waals surface area contributed by atoms with Crippen molar-refractivity contribution in [3.8, 4) is 0 Å². The molecule has 1 aliphatic rings. The Hall–Kier alpha value is -1.92. The zero-order valence-corrected chi connectivity index (χ0v) is 13.7. The molecule has 1 saturated heterocycles. The Labute approximate surface area is 135 Å². The number of nitrogens with zero attached hydrogens (tertiary/aromatic N) is 2.